The predicted molar refractivity (Wildman–Crippen MR) is 72.2 cm³/mol. The Morgan fingerprint density at radius 3 is 2.44 bits per heavy atom. The molecule has 1 aromatic carbocycles. The minimum absolute atomic E-state index is 0.224. The van der Waals surface area contributed by atoms with E-state index >= 15 is 0 Å². The van der Waals surface area contributed by atoms with Crippen LogP contribution in [-0.4, -0.2) is 25.5 Å². The third kappa shape index (κ3) is 2.91. The second-order valence-corrected chi connectivity index (χ2v) is 4.88. The van der Waals surface area contributed by atoms with E-state index in [0.717, 1.165) is 19.3 Å². The van der Waals surface area contributed by atoms with Crippen molar-refractivity contribution in [3.63, 3.8) is 0 Å². The van der Waals surface area contributed by atoms with Gasteiger partial charge in [-0.25, -0.2) is 0 Å². The van der Waals surface area contributed by atoms with Crippen LogP contribution < -0.4 is 5.73 Å². The van der Waals surface area contributed by atoms with Crippen LogP contribution in [0.25, 0.3) is 0 Å². The summed E-state index contributed by atoms with van der Waals surface area (Å²) in [5.74, 6) is -0.235. The molecule has 0 spiro atoms. The molecule has 1 aromatic rings. The van der Waals surface area contributed by atoms with Crippen LogP contribution in [0, 0.1) is 5.92 Å². The van der Waals surface area contributed by atoms with Crippen LogP contribution in [0.15, 0.2) is 30.3 Å². The lowest BCUT2D eigenvalue weighted by Crippen LogP contribution is -2.44. The molecular formula is C15H23NO2. The van der Waals surface area contributed by atoms with Gasteiger partial charge in [0.2, 0.25) is 0 Å². The summed E-state index contributed by atoms with van der Waals surface area (Å²) in [5, 5.41) is 0. The Labute approximate surface area is 109 Å². The summed E-state index contributed by atoms with van der Waals surface area (Å²) in [5.41, 5.74) is 7.25. The Morgan fingerprint density at radius 2 is 1.89 bits per heavy atom. The standard InChI is InChI=1S/C15H23NO2/c1-2-8-15(17-9-10-18-15)14(12-16)11-13-6-4-3-5-7-13/h3-7,14H,2,8-12,16H2,1H3. The molecular weight excluding hydrogens is 226 g/mol. The lowest BCUT2D eigenvalue weighted by Gasteiger charge is -2.35. The van der Waals surface area contributed by atoms with Crippen molar-refractivity contribution >= 4 is 0 Å². The third-order valence-electron chi connectivity index (χ3n) is 3.61. The van der Waals surface area contributed by atoms with Crippen LogP contribution in [0.1, 0.15) is 25.3 Å². The van der Waals surface area contributed by atoms with E-state index in [1.807, 2.05) is 6.07 Å². The van der Waals surface area contributed by atoms with Crippen molar-refractivity contribution in [2.75, 3.05) is 19.8 Å². The molecule has 0 amide bonds. The van der Waals surface area contributed by atoms with Crippen LogP contribution in [0.2, 0.25) is 0 Å². The molecule has 0 radical (unpaired) electrons. The lowest BCUT2D eigenvalue weighted by atomic mass is 9.88. The van der Waals surface area contributed by atoms with Gasteiger partial charge in [0, 0.05) is 18.9 Å². The smallest absolute Gasteiger partial charge is 0.172 e. The quantitative estimate of drug-likeness (QED) is 0.841. The molecule has 1 aliphatic heterocycles. The number of ether oxygens (including phenoxy) is 2. The van der Waals surface area contributed by atoms with E-state index in [9.17, 15) is 0 Å². The van der Waals surface area contributed by atoms with Gasteiger partial charge < -0.3 is 15.2 Å². The highest BCUT2D eigenvalue weighted by molar-refractivity contribution is 5.16. The molecule has 1 heterocycles. The first-order valence-electron chi connectivity index (χ1n) is 6.82. The van der Waals surface area contributed by atoms with Gasteiger partial charge in [0.1, 0.15) is 0 Å². The molecule has 1 aliphatic rings. The van der Waals surface area contributed by atoms with Gasteiger partial charge in [-0.15, -0.1) is 0 Å². The van der Waals surface area contributed by atoms with E-state index in [0.29, 0.717) is 19.8 Å². The number of hydrogen-bond donors (Lipinski definition) is 1. The van der Waals surface area contributed by atoms with Gasteiger partial charge >= 0.3 is 0 Å². The van der Waals surface area contributed by atoms with Gasteiger partial charge in [0.15, 0.2) is 5.79 Å². The van der Waals surface area contributed by atoms with E-state index in [1.54, 1.807) is 0 Å². The van der Waals surface area contributed by atoms with E-state index in [4.69, 9.17) is 15.2 Å². The van der Waals surface area contributed by atoms with Crippen LogP contribution in [0.3, 0.4) is 0 Å². The summed E-state index contributed by atoms with van der Waals surface area (Å²) in [6.45, 7) is 4.12. The largest absolute Gasteiger partial charge is 0.347 e. The van der Waals surface area contributed by atoms with E-state index < -0.39 is 5.79 Å². The molecule has 1 unspecified atom stereocenters. The van der Waals surface area contributed by atoms with Crippen molar-refractivity contribution in [1.29, 1.82) is 0 Å². The maximum atomic E-state index is 5.96. The molecule has 0 aliphatic carbocycles. The maximum Gasteiger partial charge on any atom is 0.172 e. The monoisotopic (exact) mass is 249 g/mol. The summed E-state index contributed by atoms with van der Waals surface area (Å²) in [7, 11) is 0. The fraction of sp³-hybridized carbons (Fsp3) is 0.600. The molecule has 3 nitrogen and oxygen atoms in total. The van der Waals surface area contributed by atoms with Gasteiger partial charge in [-0.3, -0.25) is 0 Å². The topological polar surface area (TPSA) is 44.5 Å². The Bertz CT molecular complexity index is 347. The molecule has 0 bridgehead atoms. The molecule has 2 rings (SSSR count). The van der Waals surface area contributed by atoms with Crippen molar-refractivity contribution in [3.05, 3.63) is 35.9 Å². The first kappa shape index (κ1) is 13.5. The van der Waals surface area contributed by atoms with E-state index in [2.05, 4.69) is 31.2 Å². The van der Waals surface area contributed by atoms with Crippen molar-refractivity contribution in [2.24, 2.45) is 11.7 Å². The lowest BCUT2D eigenvalue weighted by molar-refractivity contribution is -0.198. The SMILES string of the molecule is CCCC1(C(CN)Cc2ccccc2)OCCO1. The minimum Gasteiger partial charge on any atom is -0.347 e. The molecule has 100 valence electrons. The Hall–Kier alpha value is -0.900. The average molecular weight is 249 g/mol. The van der Waals surface area contributed by atoms with Crippen molar-refractivity contribution < 1.29 is 9.47 Å². The second kappa shape index (κ2) is 6.32. The molecule has 1 saturated heterocycles. The van der Waals surface area contributed by atoms with E-state index in [-0.39, 0.29) is 5.92 Å². The first-order valence-corrected chi connectivity index (χ1v) is 6.82. The Balaban J connectivity index is 2.11. The van der Waals surface area contributed by atoms with Crippen LogP contribution in [0.5, 0.6) is 0 Å². The summed E-state index contributed by atoms with van der Waals surface area (Å²) in [6.07, 6.45) is 2.88. The number of hydrogen-bond acceptors (Lipinski definition) is 3. The van der Waals surface area contributed by atoms with E-state index in [1.165, 1.54) is 5.56 Å². The number of nitrogens with two attached hydrogens (primary N) is 1. The zero-order valence-corrected chi connectivity index (χ0v) is 11.1. The highest BCUT2D eigenvalue weighted by Gasteiger charge is 2.42. The molecule has 0 saturated carbocycles. The molecule has 2 N–H and O–H groups in total. The summed E-state index contributed by atoms with van der Waals surface area (Å²) >= 11 is 0. The highest BCUT2D eigenvalue weighted by Crippen LogP contribution is 2.34. The zero-order chi connectivity index (χ0) is 12.8. The molecule has 1 atom stereocenters. The fourth-order valence-corrected chi connectivity index (χ4v) is 2.72. The molecule has 3 heteroatoms. The summed E-state index contributed by atoms with van der Waals surface area (Å²) in [6, 6.07) is 10.4. The van der Waals surface area contributed by atoms with Crippen LogP contribution in [0.4, 0.5) is 0 Å². The van der Waals surface area contributed by atoms with Gasteiger partial charge in [-0.2, -0.15) is 0 Å². The summed E-state index contributed by atoms with van der Waals surface area (Å²) < 4.78 is 11.8. The first-order chi connectivity index (χ1) is 8.80. The molecule has 1 fully saturated rings. The average Bonchev–Trinajstić information content (AvgIpc) is 2.87. The molecule has 18 heavy (non-hydrogen) atoms. The zero-order valence-electron chi connectivity index (χ0n) is 11.1. The van der Waals surface area contributed by atoms with Crippen molar-refractivity contribution in [3.8, 4) is 0 Å². The third-order valence-corrected chi connectivity index (χ3v) is 3.61. The van der Waals surface area contributed by atoms with Gasteiger partial charge in [-0.05, 0) is 12.0 Å². The Kier molecular flexibility index (Phi) is 4.75. The van der Waals surface area contributed by atoms with Crippen LogP contribution >= 0.6 is 0 Å². The number of rotatable bonds is 6. The van der Waals surface area contributed by atoms with Crippen molar-refractivity contribution in [1.82, 2.24) is 0 Å². The minimum atomic E-state index is -0.459. The Morgan fingerprint density at radius 1 is 1.22 bits per heavy atom. The highest BCUT2D eigenvalue weighted by atomic mass is 16.7. The van der Waals surface area contributed by atoms with Crippen LogP contribution in [-0.2, 0) is 15.9 Å². The second-order valence-electron chi connectivity index (χ2n) is 4.88. The molecule has 0 aromatic heterocycles. The normalized spacial score (nSPS) is 19.9. The van der Waals surface area contributed by atoms with Gasteiger partial charge in [0.05, 0.1) is 13.2 Å². The number of benzene rings is 1. The summed E-state index contributed by atoms with van der Waals surface area (Å²) in [4.78, 5) is 0. The van der Waals surface area contributed by atoms with Gasteiger partial charge in [-0.1, -0.05) is 43.7 Å². The van der Waals surface area contributed by atoms with Gasteiger partial charge in [0.25, 0.3) is 0 Å². The fourth-order valence-electron chi connectivity index (χ4n) is 2.72. The predicted octanol–water partition coefficient (Wildman–Crippen LogP) is 2.35. The van der Waals surface area contributed by atoms with Crippen molar-refractivity contribution in [2.45, 2.75) is 32.0 Å². The maximum absolute atomic E-state index is 5.96.